The van der Waals surface area contributed by atoms with Crippen molar-refractivity contribution >= 4 is 0 Å². The van der Waals surface area contributed by atoms with Crippen molar-refractivity contribution in [2.24, 2.45) is 11.3 Å². The number of likely N-dealkylation sites (tertiary alicyclic amines) is 1. The highest BCUT2D eigenvalue weighted by Gasteiger charge is 2.41. The van der Waals surface area contributed by atoms with Crippen molar-refractivity contribution in [1.82, 2.24) is 10.2 Å². The smallest absolute Gasteiger partial charge is 0.00988 e. The molecule has 2 aliphatic rings. The second-order valence-electron chi connectivity index (χ2n) is 7.01. The van der Waals surface area contributed by atoms with Crippen LogP contribution < -0.4 is 5.32 Å². The van der Waals surface area contributed by atoms with E-state index in [1.165, 1.54) is 51.7 Å². The molecular formula is C16H32N2. The number of nitrogens with zero attached hydrogens (tertiary/aromatic N) is 1. The zero-order valence-electron chi connectivity index (χ0n) is 12.8. The van der Waals surface area contributed by atoms with E-state index < -0.39 is 0 Å². The van der Waals surface area contributed by atoms with Crippen LogP contribution in [-0.4, -0.2) is 36.6 Å². The molecule has 0 radical (unpaired) electrons. The number of nitrogens with one attached hydrogen (secondary N) is 1. The first kappa shape index (κ1) is 14.3. The maximum Gasteiger partial charge on any atom is 0.00988 e. The molecule has 2 heteroatoms. The molecule has 1 saturated carbocycles. The van der Waals surface area contributed by atoms with E-state index in [4.69, 9.17) is 0 Å². The maximum absolute atomic E-state index is 3.68. The van der Waals surface area contributed by atoms with Crippen molar-refractivity contribution in [2.75, 3.05) is 19.6 Å². The van der Waals surface area contributed by atoms with Crippen LogP contribution in [0.4, 0.5) is 0 Å². The SMILES string of the molecule is CCC(CC)(CNC(C)C)CN1CC2CCC1C2. The van der Waals surface area contributed by atoms with E-state index in [9.17, 15) is 0 Å². The van der Waals surface area contributed by atoms with Gasteiger partial charge in [0.15, 0.2) is 0 Å². The summed E-state index contributed by atoms with van der Waals surface area (Å²) in [6, 6.07) is 1.53. The number of piperidine rings is 1. The van der Waals surface area contributed by atoms with Crippen LogP contribution in [0.25, 0.3) is 0 Å². The molecule has 0 spiro atoms. The molecule has 2 fully saturated rings. The Kier molecular flexibility index (Phi) is 4.71. The van der Waals surface area contributed by atoms with Gasteiger partial charge in [-0.25, -0.2) is 0 Å². The molecule has 1 saturated heterocycles. The highest BCUT2D eigenvalue weighted by atomic mass is 15.2. The third kappa shape index (κ3) is 3.08. The molecule has 1 aliphatic carbocycles. The number of fused-ring (bicyclic) bond motifs is 2. The quantitative estimate of drug-likeness (QED) is 0.748. The van der Waals surface area contributed by atoms with Gasteiger partial charge in [0.2, 0.25) is 0 Å². The standard InChI is InChI=1S/C16H32N2/c1-5-16(6-2,11-17-13(3)4)12-18-10-14-7-8-15(18)9-14/h13-15,17H,5-12H2,1-4H3. The lowest BCUT2D eigenvalue weighted by atomic mass is 9.81. The molecule has 1 heterocycles. The van der Waals surface area contributed by atoms with Gasteiger partial charge >= 0.3 is 0 Å². The lowest BCUT2D eigenvalue weighted by Gasteiger charge is -2.39. The average molecular weight is 252 g/mol. The minimum Gasteiger partial charge on any atom is -0.314 e. The fourth-order valence-electron chi connectivity index (χ4n) is 3.85. The number of hydrogen-bond acceptors (Lipinski definition) is 2. The Morgan fingerprint density at radius 2 is 1.94 bits per heavy atom. The molecule has 2 nitrogen and oxygen atoms in total. The van der Waals surface area contributed by atoms with Gasteiger partial charge in [-0.3, -0.25) is 4.90 Å². The summed E-state index contributed by atoms with van der Waals surface area (Å²) in [5.41, 5.74) is 0.495. The fraction of sp³-hybridized carbons (Fsp3) is 1.00. The Bertz CT molecular complexity index is 258. The van der Waals surface area contributed by atoms with Gasteiger partial charge in [-0.15, -0.1) is 0 Å². The fourth-order valence-corrected chi connectivity index (χ4v) is 3.85. The Labute approximate surface area is 114 Å². The lowest BCUT2D eigenvalue weighted by molar-refractivity contribution is 0.106. The number of hydrogen-bond donors (Lipinski definition) is 1. The minimum absolute atomic E-state index is 0.495. The summed E-state index contributed by atoms with van der Waals surface area (Å²) in [7, 11) is 0. The molecule has 0 aromatic carbocycles. The van der Waals surface area contributed by atoms with Crippen molar-refractivity contribution in [3.05, 3.63) is 0 Å². The molecule has 1 aliphatic heterocycles. The van der Waals surface area contributed by atoms with Gasteiger partial charge in [0.05, 0.1) is 0 Å². The van der Waals surface area contributed by atoms with E-state index >= 15 is 0 Å². The average Bonchev–Trinajstić information content (AvgIpc) is 2.96. The van der Waals surface area contributed by atoms with Gasteiger partial charge in [-0.2, -0.15) is 0 Å². The molecule has 0 aromatic heterocycles. The third-order valence-electron chi connectivity index (χ3n) is 5.45. The van der Waals surface area contributed by atoms with Gasteiger partial charge in [-0.1, -0.05) is 27.7 Å². The summed E-state index contributed by atoms with van der Waals surface area (Å²) in [6.45, 7) is 13.2. The summed E-state index contributed by atoms with van der Waals surface area (Å²) in [4.78, 5) is 2.81. The zero-order chi connectivity index (χ0) is 13.2. The van der Waals surface area contributed by atoms with Crippen LogP contribution in [0.5, 0.6) is 0 Å². The normalized spacial score (nSPS) is 28.5. The topological polar surface area (TPSA) is 15.3 Å². The summed E-state index contributed by atoms with van der Waals surface area (Å²) in [5, 5.41) is 3.68. The van der Waals surface area contributed by atoms with E-state index in [-0.39, 0.29) is 0 Å². The van der Waals surface area contributed by atoms with E-state index in [0.717, 1.165) is 12.0 Å². The van der Waals surface area contributed by atoms with E-state index in [1.54, 1.807) is 0 Å². The van der Waals surface area contributed by atoms with Crippen LogP contribution in [0.3, 0.4) is 0 Å². The molecule has 2 unspecified atom stereocenters. The first-order valence-electron chi connectivity index (χ1n) is 8.06. The molecular weight excluding hydrogens is 220 g/mol. The number of rotatable bonds is 7. The molecule has 0 aromatic rings. The third-order valence-corrected chi connectivity index (χ3v) is 5.45. The highest BCUT2D eigenvalue weighted by molar-refractivity contribution is 4.95. The van der Waals surface area contributed by atoms with Gasteiger partial charge < -0.3 is 5.32 Å². The molecule has 1 N–H and O–H groups in total. The first-order valence-corrected chi connectivity index (χ1v) is 8.06. The highest BCUT2D eigenvalue weighted by Crippen LogP contribution is 2.40. The lowest BCUT2D eigenvalue weighted by Crippen LogP contribution is -2.47. The van der Waals surface area contributed by atoms with Crippen molar-refractivity contribution in [3.8, 4) is 0 Å². The Morgan fingerprint density at radius 3 is 2.39 bits per heavy atom. The van der Waals surface area contributed by atoms with Crippen LogP contribution in [0, 0.1) is 11.3 Å². The Hall–Kier alpha value is -0.0800. The van der Waals surface area contributed by atoms with Crippen molar-refractivity contribution < 1.29 is 0 Å². The van der Waals surface area contributed by atoms with E-state index in [2.05, 4.69) is 37.9 Å². The Balaban J connectivity index is 1.92. The van der Waals surface area contributed by atoms with Gasteiger partial charge in [0.1, 0.15) is 0 Å². The zero-order valence-corrected chi connectivity index (χ0v) is 12.8. The van der Waals surface area contributed by atoms with E-state index in [0.29, 0.717) is 11.5 Å². The van der Waals surface area contributed by atoms with Crippen LogP contribution in [0.15, 0.2) is 0 Å². The predicted molar refractivity (Wildman–Crippen MR) is 78.9 cm³/mol. The molecule has 106 valence electrons. The monoisotopic (exact) mass is 252 g/mol. The van der Waals surface area contributed by atoms with E-state index in [1.807, 2.05) is 0 Å². The Morgan fingerprint density at radius 1 is 1.22 bits per heavy atom. The van der Waals surface area contributed by atoms with Crippen molar-refractivity contribution in [3.63, 3.8) is 0 Å². The van der Waals surface area contributed by atoms with Crippen LogP contribution in [0.2, 0.25) is 0 Å². The maximum atomic E-state index is 3.68. The largest absolute Gasteiger partial charge is 0.314 e. The summed E-state index contributed by atoms with van der Waals surface area (Å²) >= 11 is 0. The second-order valence-corrected chi connectivity index (χ2v) is 7.01. The van der Waals surface area contributed by atoms with Gasteiger partial charge in [-0.05, 0) is 43.4 Å². The molecule has 2 atom stereocenters. The van der Waals surface area contributed by atoms with Crippen LogP contribution in [-0.2, 0) is 0 Å². The summed E-state index contributed by atoms with van der Waals surface area (Å²) in [5.74, 6) is 1.03. The van der Waals surface area contributed by atoms with Crippen LogP contribution >= 0.6 is 0 Å². The minimum atomic E-state index is 0.495. The van der Waals surface area contributed by atoms with Crippen molar-refractivity contribution in [1.29, 1.82) is 0 Å². The molecule has 2 bridgehead atoms. The molecule has 18 heavy (non-hydrogen) atoms. The predicted octanol–water partition coefficient (Wildman–Crippen LogP) is 3.28. The molecule has 2 rings (SSSR count). The summed E-state index contributed by atoms with van der Waals surface area (Å²) in [6.07, 6.45) is 7.05. The summed E-state index contributed by atoms with van der Waals surface area (Å²) < 4.78 is 0. The van der Waals surface area contributed by atoms with Crippen molar-refractivity contribution in [2.45, 2.75) is 71.9 Å². The van der Waals surface area contributed by atoms with Crippen LogP contribution in [0.1, 0.15) is 59.8 Å². The first-order chi connectivity index (χ1) is 8.58. The van der Waals surface area contributed by atoms with Gasteiger partial charge in [0.25, 0.3) is 0 Å². The molecule has 0 amide bonds. The van der Waals surface area contributed by atoms with Gasteiger partial charge in [0, 0.05) is 31.7 Å². The second kappa shape index (κ2) is 5.92.